The number of hydrogen-bond acceptors (Lipinski definition) is 6. The number of anilines is 1. The molecule has 1 saturated heterocycles. The van der Waals surface area contributed by atoms with Gasteiger partial charge < -0.3 is 14.6 Å². The molecular weight excluding hydrogens is 499 g/mol. The van der Waals surface area contributed by atoms with Crippen LogP contribution >= 0.6 is 12.2 Å². The van der Waals surface area contributed by atoms with Crippen LogP contribution in [0.5, 0.6) is 11.5 Å². The van der Waals surface area contributed by atoms with Crippen molar-refractivity contribution in [2.45, 2.75) is 13.5 Å². The van der Waals surface area contributed by atoms with E-state index < -0.39 is 17.8 Å². The van der Waals surface area contributed by atoms with E-state index >= 15 is 0 Å². The van der Waals surface area contributed by atoms with Crippen LogP contribution in [0.15, 0.2) is 72.3 Å². The summed E-state index contributed by atoms with van der Waals surface area (Å²) in [5, 5.41) is 11.6. The number of carbonyl (C=O) groups excluding carboxylic acids is 2. The summed E-state index contributed by atoms with van der Waals surface area (Å²) < 4.78 is 24.9. The van der Waals surface area contributed by atoms with Crippen LogP contribution in [0.25, 0.3) is 6.08 Å². The SMILES string of the molecule is CCOc1cc(C=C2C(=O)NC(=S)N(c3cccc(C(=O)O)c3)C2=O)ccc1OCc1cccc(F)c1. The number of amides is 2. The zero-order chi connectivity index (χ0) is 26.5. The lowest BCUT2D eigenvalue weighted by atomic mass is 10.1. The quantitative estimate of drug-likeness (QED) is 0.259. The summed E-state index contributed by atoms with van der Waals surface area (Å²) in [5.74, 6) is -2.16. The molecule has 0 aliphatic carbocycles. The molecular formula is C27H21FN2O6S. The molecule has 2 N–H and O–H groups in total. The second kappa shape index (κ2) is 11.0. The van der Waals surface area contributed by atoms with E-state index in [4.69, 9.17) is 21.7 Å². The number of nitrogens with zero attached hydrogens (tertiary/aromatic N) is 1. The van der Waals surface area contributed by atoms with Crippen molar-refractivity contribution in [1.29, 1.82) is 0 Å². The van der Waals surface area contributed by atoms with Crippen LogP contribution in [0.2, 0.25) is 0 Å². The predicted octanol–water partition coefficient (Wildman–Crippen LogP) is 4.33. The Morgan fingerprint density at radius 2 is 1.84 bits per heavy atom. The second-order valence-electron chi connectivity index (χ2n) is 7.87. The maximum Gasteiger partial charge on any atom is 0.335 e. The van der Waals surface area contributed by atoms with Crippen LogP contribution in [0.3, 0.4) is 0 Å². The van der Waals surface area contributed by atoms with Gasteiger partial charge in [0.05, 0.1) is 17.9 Å². The molecule has 0 radical (unpaired) electrons. The Bertz CT molecular complexity index is 1440. The molecule has 0 bridgehead atoms. The largest absolute Gasteiger partial charge is 0.490 e. The lowest BCUT2D eigenvalue weighted by molar-refractivity contribution is -0.122. The molecule has 8 nitrogen and oxygen atoms in total. The van der Waals surface area contributed by atoms with Gasteiger partial charge in [-0.1, -0.05) is 24.3 Å². The zero-order valence-corrected chi connectivity index (χ0v) is 20.4. The number of ether oxygens (including phenoxy) is 2. The standard InChI is InChI=1S/C27H21FN2O6S/c1-2-35-23-13-16(9-10-22(23)36-15-17-5-3-7-19(28)11-17)12-21-24(31)29-27(37)30(25(21)32)20-8-4-6-18(14-20)26(33)34/h3-14H,2,15H2,1H3,(H,33,34)(H,29,31,37). The molecule has 10 heteroatoms. The summed E-state index contributed by atoms with van der Waals surface area (Å²) in [7, 11) is 0. The molecule has 3 aromatic rings. The van der Waals surface area contributed by atoms with Gasteiger partial charge in [-0.2, -0.15) is 0 Å². The van der Waals surface area contributed by atoms with E-state index in [9.17, 15) is 23.9 Å². The smallest absolute Gasteiger partial charge is 0.335 e. The maximum atomic E-state index is 13.5. The lowest BCUT2D eigenvalue weighted by Crippen LogP contribution is -2.54. The molecule has 0 aromatic heterocycles. The maximum absolute atomic E-state index is 13.5. The number of nitrogens with one attached hydrogen (secondary N) is 1. The van der Waals surface area contributed by atoms with Gasteiger partial charge in [-0.15, -0.1) is 0 Å². The Morgan fingerprint density at radius 1 is 1.05 bits per heavy atom. The number of carbonyl (C=O) groups is 3. The third-order valence-corrected chi connectivity index (χ3v) is 5.60. The minimum Gasteiger partial charge on any atom is -0.490 e. The molecule has 2 amide bonds. The first kappa shape index (κ1) is 25.5. The first-order valence-corrected chi connectivity index (χ1v) is 11.6. The van der Waals surface area contributed by atoms with Crippen LogP contribution in [-0.2, 0) is 16.2 Å². The number of benzene rings is 3. The molecule has 4 rings (SSSR count). The Kier molecular flexibility index (Phi) is 7.59. The van der Waals surface area contributed by atoms with Crippen molar-refractivity contribution in [3.05, 3.63) is 94.8 Å². The third-order valence-electron chi connectivity index (χ3n) is 5.31. The topological polar surface area (TPSA) is 105 Å². The summed E-state index contributed by atoms with van der Waals surface area (Å²) >= 11 is 5.18. The average Bonchev–Trinajstić information content (AvgIpc) is 2.86. The molecule has 0 atom stereocenters. The molecule has 0 saturated carbocycles. The van der Waals surface area contributed by atoms with Crippen molar-refractivity contribution >= 4 is 46.9 Å². The van der Waals surface area contributed by atoms with E-state index in [1.54, 1.807) is 37.3 Å². The van der Waals surface area contributed by atoms with Crippen molar-refractivity contribution in [2.24, 2.45) is 0 Å². The highest BCUT2D eigenvalue weighted by Gasteiger charge is 2.34. The Hall–Kier alpha value is -4.57. The molecule has 1 aliphatic rings. The molecule has 37 heavy (non-hydrogen) atoms. The zero-order valence-electron chi connectivity index (χ0n) is 19.6. The fourth-order valence-corrected chi connectivity index (χ4v) is 3.91. The van der Waals surface area contributed by atoms with Gasteiger partial charge in [-0.05, 0) is 78.8 Å². The van der Waals surface area contributed by atoms with Gasteiger partial charge in [-0.25, -0.2) is 9.18 Å². The number of hydrogen-bond donors (Lipinski definition) is 2. The van der Waals surface area contributed by atoms with E-state index in [0.717, 1.165) is 4.90 Å². The van der Waals surface area contributed by atoms with Crippen LogP contribution < -0.4 is 19.7 Å². The number of rotatable bonds is 8. The normalized spacial score (nSPS) is 14.5. The molecule has 1 fully saturated rings. The Morgan fingerprint density at radius 3 is 2.57 bits per heavy atom. The minimum atomic E-state index is -1.17. The number of thiocarbonyl (C=S) groups is 1. The molecule has 0 unspecified atom stereocenters. The minimum absolute atomic E-state index is 0.0364. The highest BCUT2D eigenvalue weighted by molar-refractivity contribution is 7.80. The van der Waals surface area contributed by atoms with E-state index in [2.05, 4.69) is 5.32 Å². The van der Waals surface area contributed by atoms with Gasteiger partial charge >= 0.3 is 5.97 Å². The molecule has 1 heterocycles. The van der Waals surface area contributed by atoms with E-state index in [1.807, 2.05) is 0 Å². The van der Waals surface area contributed by atoms with Crippen LogP contribution in [0.4, 0.5) is 10.1 Å². The highest BCUT2D eigenvalue weighted by atomic mass is 32.1. The Labute approximate surface area is 216 Å². The first-order chi connectivity index (χ1) is 17.8. The van der Waals surface area contributed by atoms with Crippen molar-refractivity contribution in [3.8, 4) is 11.5 Å². The first-order valence-electron chi connectivity index (χ1n) is 11.2. The summed E-state index contributed by atoms with van der Waals surface area (Å²) in [6.45, 7) is 2.24. The van der Waals surface area contributed by atoms with Gasteiger partial charge in [0.1, 0.15) is 18.0 Å². The lowest BCUT2D eigenvalue weighted by Gasteiger charge is -2.29. The average molecular weight is 521 g/mol. The number of carboxylic acid groups (broad SMARTS) is 1. The van der Waals surface area contributed by atoms with Crippen LogP contribution in [0.1, 0.15) is 28.4 Å². The summed E-state index contributed by atoms with van der Waals surface area (Å²) in [6.07, 6.45) is 1.38. The van der Waals surface area contributed by atoms with E-state index in [1.165, 1.54) is 42.5 Å². The van der Waals surface area contributed by atoms with Crippen LogP contribution in [-0.4, -0.2) is 34.6 Å². The van der Waals surface area contributed by atoms with Crippen molar-refractivity contribution in [3.63, 3.8) is 0 Å². The summed E-state index contributed by atoms with van der Waals surface area (Å²) in [6, 6.07) is 16.6. The molecule has 1 aliphatic heterocycles. The van der Waals surface area contributed by atoms with Crippen molar-refractivity contribution in [1.82, 2.24) is 5.32 Å². The molecule has 0 spiro atoms. The highest BCUT2D eigenvalue weighted by Crippen LogP contribution is 2.31. The van der Waals surface area contributed by atoms with Gasteiger partial charge in [0.15, 0.2) is 16.6 Å². The molecule has 3 aromatic carbocycles. The third kappa shape index (κ3) is 5.81. The van der Waals surface area contributed by atoms with E-state index in [-0.39, 0.29) is 34.4 Å². The van der Waals surface area contributed by atoms with Gasteiger partial charge in [-0.3, -0.25) is 19.8 Å². The van der Waals surface area contributed by atoms with Crippen molar-refractivity contribution < 1.29 is 33.4 Å². The number of carboxylic acids is 1. The summed E-state index contributed by atoms with van der Waals surface area (Å²) in [4.78, 5) is 38.3. The van der Waals surface area contributed by atoms with E-state index in [0.29, 0.717) is 29.2 Å². The van der Waals surface area contributed by atoms with Crippen LogP contribution in [0, 0.1) is 5.82 Å². The Balaban J connectivity index is 1.62. The van der Waals surface area contributed by atoms with Gasteiger partial charge in [0.2, 0.25) is 0 Å². The fraction of sp³-hybridized carbons (Fsp3) is 0.111. The monoisotopic (exact) mass is 520 g/mol. The number of aromatic carboxylic acids is 1. The number of halogens is 1. The fourth-order valence-electron chi connectivity index (χ4n) is 3.63. The summed E-state index contributed by atoms with van der Waals surface area (Å²) in [5.41, 5.74) is 1.08. The van der Waals surface area contributed by atoms with Gasteiger partial charge in [0.25, 0.3) is 11.8 Å². The van der Waals surface area contributed by atoms with Gasteiger partial charge in [0, 0.05) is 0 Å². The second-order valence-corrected chi connectivity index (χ2v) is 8.26. The molecule has 188 valence electrons. The predicted molar refractivity (Wildman–Crippen MR) is 138 cm³/mol. The van der Waals surface area contributed by atoms with Crippen molar-refractivity contribution in [2.75, 3.05) is 11.5 Å².